The van der Waals surface area contributed by atoms with Crippen molar-refractivity contribution in [1.29, 1.82) is 0 Å². The molecule has 1 aromatic rings. The van der Waals surface area contributed by atoms with Crippen molar-refractivity contribution < 1.29 is 4.79 Å². The summed E-state index contributed by atoms with van der Waals surface area (Å²) < 4.78 is 0. The van der Waals surface area contributed by atoms with Gasteiger partial charge in [0.05, 0.1) is 6.54 Å². The Hall–Kier alpha value is -1.31. The number of hydrogen-bond acceptors (Lipinski definition) is 1. The van der Waals surface area contributed by atoms with Crippen LogP contribution in [0.1, 0.15) is 69.9 Å². The van der Waals surface area contributed by atoms with E-state index in [1.54, 1.807) is 6.54 Å². The van der Waals surface area contributed by atoms with Crippen LogP contribution in [0.2, 0.25) is 0 Å². The zero-order valence-corrected chi connectivity index (χ0v) is 14.9. The molecule has 23 heavy (non-hydrogen) atoms. The lowest BCUT2D eigenvalue weighted by Gasteiger charge is -2.11. The van der Waals surface area contributed by atoms with Gasteiger partial charge in [0.25, 0.3) is 0 Å². The quantitative estimate of drug-likeness (QED) is 0.523. The molecule has 0 fully saturated rings. The van der Waals surface area contributed by atoms with Gasteiger partial charge in [0.15, 0.2) is 0 Å². The van der Waals surface area contributed by atoms with Gasteiger partial charge in [0.1, 0.15) is 0 Å². The third kappa shape index (κ3) is 10.1. The zero-order valence-electron chi connectivity index (χ0n) is 14.9. The molecule has 0 aromatic heterocycles. The standard InChI is InChI=1S/C21H33NO/c1-4-5-6-7-8-9-10-20-13-15-21(16-14-20)12-11-18(2)17-22-19(3)23/h13-18H,2,4-12H2,1,3H3,(H,22,23). The van der Waals surface area contributed by atoms with Crippen molar-refractivity contribution in [1.82, 2.24) is 5.32 Å². The average molecular weight is 316 g/mol. The Morgan fingerprint density at radius 1 is 1.04 bits per heavy atom. The second kappa shape index (κ2) is 12.2. The molecule has 0 saturated carbocycles. The molecular formula is C21H33NO. The molecule has 1 rings (SSSR count). The fourth-order valence-corrected chi connectivity index (χ4v) is 2.65. The number of hydrogen-bond donors (Lipinski definition) is 1. The molecule has 0 saturated heterocycles. The third-order valence-electron chi connectivity index (χ3n) is 4.17. The van der Waals surface area contributed by atoms with Crippen LogP contribution >= 0.6 is 0 Å². The van der Waals surface area contributed by atoms with E-state index < -0.39 is 0 Å². The minimum absolute atomic E-state index is 0.0299. The van der Waals surface area contributed by atoms with Crippen molar-refractivity contribution in [3.05, 3.63) is 48.9 Å². The zero-order chi connectivity index (χ0) is 16.9. The molecule has 2 nitrogen and oxygen atoms in total. The Kier molecular flexibility index (Phi) is 10.4. The van der Waals surface area contributed by atoms with Crippen molar-refractivity contribution in [3.8, 4) is 0 Å². The summed E-state index contributed by atoms with van der Waals surface area (Å²) >= 11 is 0. The van der Waals surface area contributed by atoms with E-state index in [-0.39, 0.29) is 11.8 Å². The SMILES string of the molecule is [CH2]C([CH]NC(C)=O)CCc1ccc(CCCCCCCC)cc1. The van der Waals surface area contributed by atoms with Crippen molar-refractivity contribution in [3.63, 3.8) is 0 Å². The Morgan fingerprint density at radius 2 is 1.61 bits per heavy atom. The molecule has 128 valence electrons. The van der Waals surface area contributed by atoms with Crippen molar-refractivity contribution in [2.45, 2.75) is 71.6 Å². The predicted octanol–water partition coefficient (Wildman–Crippen LogP) is 5.27. The van der Waals surface area contributed by atoms with E-state index in [2.05, 4.69) is 43.4 Å². The van der Waals surface area contributed by atoms with Crippen LogP contribution in [0.25, 0.3) is 0 Å². The van der Waals surface area contributed by atoms with Gasteiger partial charge < -0.3 is 5.32 Å². The van der Waals surface area contributed by atoms with Gasteiger partial charge >= 0.3 is 0 Å². The lowest BCUT2D eigenvalue weighted by Crippen LogP contribution is -2.20. The summed E-state index contributed by atoms with van der Waals surface area (Å²) in [5, 5.41) is 2.71. The highest BCUT2D eigenvalue weighted by molar-refractivity contribution is 5.73. The molecule has 0 aliphatic heterocycles. The largest absolute Gasteiger partial charge is 0.351 e. The van der Waals surface area contributed by atoms with Gasteiger partial charge in [-0.3, -0.25) is 4.79 Å². The molecule has 0 aliphatic rings. The van der Waals surface area contributed by atoms with E-state index in [4.69, 9.17) is 0 Å². The first-order valence-electron chi connectivity index (χ1n) is 9.13. The van der Waals surface area contributed by atoms with Crippen molar-refractivity contribution >= 4 is 5.91 Å². The molecule has 2 heteroatoms. The number of unbranched alkanes of at least 4 members (excludes halogenated alkanes) is 5. The molecular weight excluding hydrogens is 282 g/mol. The summed E-state index contributed by atoms with van der Waals surface area (Å²) in [7, 11) is 0. The molecule has 0 heterocycles. The minimum atomic E-state index is -0.0299. The molecule has 1 unspecified atom stereocenters. The summed E-state index contributed by atoms with van der Waals surface area (Å²) in [6.07, 6.45) is 11.3. The van der Waals surface area contributed by atoms with Crippen LogP contribution in [0.4, 0.5) is 0 Å². The van der Waals surface area contributed by atoms with Gasteiger partial charge in [-0.15, -0.1) is 0 Å². The summed E-state index contributed by atoms with van der Waals surface area (Å²) in [6.45, 7) is 9.61. The number of benzene rings is 1. The first kappa shape index (κ1) is 19.7. The van der Waals surface area contributed by atoms with E-state index >= 15 is 0 Å². The van der Waals surface area contributed by atoms with Crippen LogP contribution in [-0.4, -0.2) is 5.91 Å². The van der Waals surface area contributed by atoms with Crippen LogP contribution in [0.5, 0.6) is 0 Å². The van der Waals surface area contributed by atoms with E-state index in [1.807, 2.05) is 0 Å². The minimum Gasteiger partial charge on any atom is -0.351 e. The molecule has 0 aliphatic carbocycles. The van der Waals surface area contributed by atoms with Gasteiger partial charge in [0.2, 0.25) is 5.91 Å². The molecule has 0 spiro atoms. The number of rotatable bonds is 12. The lowest BCUT2D eigenvalue weighted by molar-refractivity contribution is -0.118. The Labute approximate surface area is 143 Å². The fraction of sp³-hybridized carbons (Fsp3) is 0.571. The van der Waals surface area contributed by atoms with Crippen LogP contribution in [-0.2, 0) is 17.6 Å². The molecule has 1 aromatic carbocycles. The first-order chi connectivity index (χ1) is 11.1. The Bertz CT molecular complexity index is 424. The highest BCUT2D eigenvalue weighted by Crippen LogP contribution is 2.14. The van der Waals surface area contributed by atoms with E-state index in [0.29, 0.717) is 0 Å². The van der Waals surface area contributed by atoms with Gasteiger partial charge in [-0.05, 0) is 49.7 Å². The Balaban J connectivity index is 2.18. The van der Waals surface area contributed by atoms with Crippen LogP contribution < -0.4 is 5.32 Å². The summed E-state index contributed by atoms with van der Waals surface area (Å²) in [5.41, 5.74) is 2.79. The summed E-state index contributed by atoms with van der Waals surface area (Å²) in [6, 6.07) is 8.99. The topological polar surface area (TPSA) is 29.1 Å². The van der Waals surface area contributed by atoms with Gasteiger partial charge in [-0.1, -0.05) is 63.3 Å². The van der Waals surface area contributed by atoms with Gasteiger partial charge in [-0.25, -0.2) is 0 Å². The van der Waals surface area contributed by atoms with Crippen molar-refractivity contribution in [2.24, 2.45) is 5.92 Å². The van der Waals surface area contributed by atoms with Crippen LogP contribution in [0, 0.1) is 19.4 Å². The second-order valence-electron chi connectivity index (χ2n) is 6.50. The highest BCUT2D eigenvalue weighted by atomic mass is 16.1. The molecule has 2 radical (unpaired) electrons. The average Bonchev–Trinajstić information content (AvgIpc) is 2.55. The number of aryl methyl sites for hydroxylation is 2. The van der Waals surface area contributed by atoms with E-state index in [1.165, 1.54) is 63.0 Å². The van der Waals surface area contributed by atoms with Gasteiger partial charge in [0, 0.05) is 6.92 Å². The van der Waals surface area contributed by atoms with Crippen molar-refractivity contribution in [2.75, 3.05) is 0 Å². The lowest BCUT2D eigenvalue weighted by atomic mass is 9.99. The van der Waals surface area contributed by atoms with Gasteiger partial charge in [-0.2, -0.15) is 0 Å². The number of amides is 1. The second-order valence-corrected chi connectivity index (χ2v) is 6.50. The smallest absolute Gasteiger partial charge is 0.217 e. The number of carbonyl (C=O) groups excluding carboxylic acids is 1. The molecule has 0 bridgehead atoms. The number of carbonyl (C=O) groups is 1. The summed E-state index contributed by atoms with van der Waals surface area (Å²) in [5.74, 6) is 0.124. The van der Waals surface area contributed by atoms with Crippen LogP contribution in [0.15, 0.2) is 24.3 Å². The highest BCUT2D eigenvalue weighted by Gasteiger charge is 2.04. The Morgan fingerprint density at radius 3 is 2.22 bits per heavy atom. The molecule has 1 atom stereocenters. The summed E-state index contributed by atoms with van der Waals surface area (Å²) in [4.78, 5) is 10.8. The fourth-order valence-electron chi connectivity index (χ4n) is 2.65. The third-order valence-corrected chi connectivity index (χ3v) is 4.17. The first-order valence-corrected chi connectivity index (χ1v) is 9.13. The maximum Gasteiger partial charge on any atom is 0.217 e. The maximum atomic E-state index is 10.8. The molecule has 1 N–H and O–H groups in total. The monoisotopic (exact) mass is 315 g/mol. The van der Waals surface area contributed by atoms with E-state index in [0.717, 1.165) is 12.8 Å². The maximum absolute atomic E-state index is 10.8. The van der Waals surface area contributed by atoms with E-state index in [9.17, 15) is 4.79 Å². The predicted molar refractivity (Wildman–Crippen MR) is 98.8 cm³/mol. The molecule has 1 amide bonds. The normalized spacial score (nSPS) is 12.1. The number of nitrogens with one attached hydrogen (secondary N) is 1. The van der Waals surface area contributed by atoms with Crippen LogP contribution in [0.3, 0.4) is 0 Å².